The molecule has 1 atom stereocenters. The van der Waals surface area contributed by atoms with E-state index in [2.05, 4.69) is 63.4 Å². The Bertz CT molecular complexity index is 1290. The van der Waals surface area contributed by atoms with E-state index in [1.165, 1.54) is 11.9 Å². The number of nitrogens with one attached hydrogen (secondary N) is 2. The summed E-state index contributed by atoms with van der Waals surface area (Å²) in [4.78, 5) is 32.2. The van der Waals surface area contributed by atoms with Crippen molar-refractivity contribution in [3.8, 4) is 5.75 Å². The van der Waals surface area contributed by atoms with Crippen molar-refractivity contribution in [1.82, 2.24) is 24.8 Å². The van der Waals surface area contributed by atoms with Crippen molar-refractivity contribution in [2.24, 2.45) is 0 Å². The number of fused-ring (bicyclic) bond motifs is 1. The van der Waals surface area contributed by atoms with E-state index in [0.717, 1.165) is 73.8 Å². The van der Waals surface area contributed by atoms with Gasteiger partial charge in [-0.15, -0.1) is 0 Å². The van der Waals surface area contributed by atoms with Crippen molar-refractivity contribution >= 4 is 17.6 Å². The SMILES string of the molecule is Cc1ccc(OCCN(CCCCc2ccc3c(n2)NCCC3)CCC(Nc2cc(C(C)(C)C)ncn2)C(=O)O)cn1. The topological polar surface area (TPSA) is 125 Å². The van der Waals surface area contributed by atoms with Crippen LogP contribution >= 0.6 is 0 Å². The van der Waals surface area contributed by atoms with E-state index in [9.17, 15) is 9.90 Å². The number of hydrogen-bond donors (Lipinski definition) is 3. The lowest BCUT2D eigenvalue weighted by Crippen LogP contribution is -2.37. The highest BCUT2D eigenvalue weighted by molar-refractivity contribution is 5.76. The Balaban J connectivity index is 1.33. The number of aliphatic carboxylic acids is 1. The molecular weight excluding hydrogens is 530 g/mol. The molecule has 0 amide bonds. The fraction of sp³-hybridized carbons (Fsp3) is 0.531. The first kappa shape index (κ1) is 31.2. The maximum Gasteiger partial charge on any atom is 0.326 e. The summed E-state index contributed by atoms with van der Waals surface area (Å²) in [6.45, 7) is 11.8. The molecule has 4 heterocycles. The quantitative estimate of drug-likeness (QED) is 0.216. The Morgan fingerprint density at radius 2 is 1.98 bits per heavy atom. The molecule has 3 aromatic rings. The summed E-state index contributed by atoms with van der Waals surface area (Å²) < 4.78 is 5.94. The van der Waals surface area contributed by atoms with Gasteiger partial charge in [0.25, 0.3) is 0 Å². The molecule has 226 valence electrons. The molecule has 10 heteroatoms. The fourth-order valence-electron chi connectivity index (χ4n) is 4.91. The average Bonchev–Trinajstić information content (AvgIpc) is 2.97. The van der Waals surface area contributed by atoms with Crippen molar-refractivity contribution in [2.75, 3.05) is 43.4 Å². The Kier molecular flexibility index (Phi) is 11.1. The number of pyridine rings is 2. The Morgan fingerprint density at radius 3 is 2.74 bits per heavy atom. The zero-order valence-electron chi connectivity index (χ0n) is 25.4. The number of carbonyl (C=O) groups is 1. The van der Waals surface area contributed by atoms with Crippen LogP contribution in [0.4, 0.5) is 11.6 Å². The molecule has 0 bridgehead atoms. The standard InChI is InChI=1S/C32H45N7O3/c1-23-10-13-26(21-34-23)42-19-18-39(16-6-5-9-25-12-11-24-8-7-15-33-30(24)37-25)17-14-27(31(40)41)38-29-20-28(32(2,3)4)35-22-36-29/h10-13,20-22,27H,5-9,14-19H2,1-4H3,(H,33,37)(H,40,41)(H,35,36,38). The third-order valence-corrected chi connectivity index (χ3v) is 7.46. The summed E-state index contributed by atoms with van der Waals surface area (Å²) in [5, 5.41) is 16.5. The van der Waals surface area contributed by atoms with Crippen molar-refractivity contribution in [2.45, 2.75) is 77.7 Å². The van der Waals surface area contributed by atoms with Crippen molar-refractivity contribution in [3.63, 3.8) is 0 Å². The van der Waals surface area contributed by atoms with Gasteiger partial charge in [0, 0.05) is 42.5 Å². The number of unbranched alkanes of at least 4 members (excludes halogenated alkanes) is 1. The Hall–Kier alpha value is -3.79. The molecule has 0 aromatic carbocycles. The van der Waals surface area contributed by atoms with E-state index in [1.807, 2.05) is 25.1 Å². The summed E-state index contributed by atoms with van der Waals surface area (Å²) in [7, 11) is 0. The zero-order valence-corrected chi connectivity index (χ0v) is 25.4. The number of ether oxygens (including phenoxy) is 1. The fourth-order valence-corrected chi connectivity index (χ4v) is 4.91. The first-order valence-electron chi connectivity index (χ1n) is 15.0. The minimum Gasteiger partial charge on any atom is -0.491 e. The van der Waals surface area contributed by atoms with Crippen LogP contribution < -0.4 is 15.4 Å². The molecule has 0 saturated heterocycles. The summed E-state index contributed by atoms with van der Waals surface area (Å²) in [6, 6.07) is 9.26. The second-order valence-electron chi connectivity index (χ2n) is 12.0. The van der Waals surface area contributed by atoms with E-state index in [-0.39, 0.29) is 5.41 Å². The van der Waals surface area contributed by atoms with E-state index in [4.69, 9.17) is 9.72 Å². The maximum atomic E-state index is 12.2. The molecule has 42 heavy (non-hydrogen) atoms. The highest BCUT2D eigenvalue weighted by atomic mass is 16.5. The largest absolute Gasteiger partial charge is 0.491 e. The number of aryl methyl sites for hydroxylation is 3. The van der Waals surface area contributed by atoms with Crippen molar-refractivity contribution < 1.29 is 14.6 Å². The molecule has 0 spiro atoms. The summed E-state index contributed by atoms with van der Waals surface area (Å²) in [6.07, 6.45) is 8.78. The van der Waals surface area contributed by atoms with Gasteiger partial charge >= 0.3 is 5.97 Å². The smallest absolute Gasteiger partial charge is 0.326 e. The molecule has 4 rings (SSSR count). The van der Waals surface area contributed by atoms with Crippen LogP contribution in [0.1, 0.15) is 69.1 Å². The zero-order chi connectivity index (χ0) is 30.0. The first-order valence-corrected chi connectivity index (χ1v) is 15.0. The third-order valence-electron chi connectivity index (χ3n) is 7.46. The lowest BCUT2D eigenvalue weighted by atomic mass is 9.92. The molecule has 3 N–H and O–H groups in total. The molecule has 10 nitrogen and oxygen atoms in total. The van der Waals surface area contributed by atoms with E-state index in [1.54, 1.807) is 6.20 Å². The minimum atomic E-state index is -0.903. The van der Waals surface area contributed by atoms with Gasteiger partial charge in [-0.05, 0) is 75.8 Å². The average molecular weight is 576 g/mol. The molecular formula is C32H45N7O3. The van der Waals surface area contributed by atoms with Gasteiger partial charge in [0.1, 0.15) is 36.4 Å². The van der Waals surface area contributed by atoms with Crippen LogP contribution in [0.3, 0.4) is 0 Å². The van der Waals surface area contributed by atoms with Crippen LogP contribution in [0.15, 0.2) is 42.9 Å². The number of nitrogens with zero attached hydrogens (tertiary/aromatic N) is 5. The normalized spacial score (nSPS) is 13.7. The second-order valence-corrected chi connectivity index (χ2v) is 12.0. The van der Waals surface area contributed by atoms with Crippen LogP contribution in [-0.2, 0) is 23.1 Å². The Labute approximate surface area is 249 Å². The number of anilines is 2. The predicted octanol–water partition coefficient (Wildman–Crippen LogP) is 4.89. The van der Waals surface area contributed by atoms with Gasteiger partial charge < -0.3 is 20.5 Å². The van der Waals surface area contributed by atoms with E-state index >= 15 is 0 Å². The highest BCUT2D eigenvalue weighted by Gasteiger charge is 2.21. The molecule has 1 aliphatic heterocycles. The van der Waals surface area contributed by atoms with Gasteiger partial charge in [0.2, 0.25) is 0 Å². The minimum absolute atomic E-state index is 0.160. The summed E-state index contributed by atoms with van der Waals surface area (Å²) in [5.74, 6) is 1.39. The van der Waals surface area contributed by atoms with E-state index < -0.39 is 12.0 Å². The van der Waals surface area contributed by atoms with Gasteiger partial charge in [-0.2, -0.15) is 0 Å². The van der Waals surface area contributed by atoms with Gasteiger partial charge in [0.05, 0.1) is 11.9 Å². The molecule has 1 aliphatic rings. The number of rotatable bonds is 15. The van der Waals surface area contributed by atoms with Gasteiger partial charge in [-0.25, -0.2) is 19.7 Å². The van der Waals surface area contributed by atoms with Crippen LogP contribution in [0.2, 0.25) is 0 Å². The molecule has 1 unspecified atom stereocenters. The number of carboxylic acid groups (broad SMARTS) is 1. The summed E-state index contributed by atoms with van der Waals surface area (Å²) >= 11 is 0. The number of aromatic nitrogens is 4. The molecule has 0 aliphatic carbocycles. The number of carboxylic acids is 1. The maximum absolute atomic E-state index is 12.2. The van der Waals surface area contributed by atoms with Crippen molar-refractivity contribution in [3.05, 3.63) is 65.5 Å². The number of hydrogen-bond acceptors (Lipinski definition) is 9. The van der Waals surface area contributed by atoms with Gasteiger partial charge in [0.15, 0.2) is 0 Å². The predicted molar refractivity (Wildman–Crippen MR) is 165 cm³/mol. The molecule has 3 aromatic heterocycles. The highest BCUT2D eigenvalue weighted by Crippen LogP contribution is 2.22. The Morgan fingerprint density at radius 1 is 1.12 bits per heavy atom. The monoisotopic (exact) mass is 575 g/mol. The van der Waals surface area contributed by atoms with E-state index in [0.29, 0.717) is 31.9 Å². The lowest BCUT2D eigenvalue weighted by molar-refractivity contribution is -0.138. The van der Waals surface area contributed by atoms with Gasteiger partial charge in [-0.1, -0.05) is 26.8 Å². The van der Waals surface area contributed by atoms with Crippen LogP contribution in [-0.4, -0.2) is 74.7 Å². The lowest BCUT2D eigenvalue weighted by Gasteiger charge is -2.25. The summed E-state index contributed by atoms with van der Waals surface area (Å²) in [5.41, 5.74) is 4.06. The second kappa shape index (κ2) is 14.9. The molecule has 0 radical (unpaired) electrons. The molecule has 0 saturated carbocycles. The van der Waals surface area contributed by atoms with Crippen LogP contribution in [0.25, 0.3) is 0 Å². The molecule has 0 fully saturated rings. The first-order chi connectivity index (χ1) is 20.2. The third kappa shape index (κ3) is 9.65. The van der Waals surface area contributed by atoms with Crippen molar-refractivity contribution in [1.29, 1.82) is 0 Å². The van der Waals surface area contributed by atoms with Gasteiger partial charge in [-0.3, -0.25) is 9.88 Å². The van der Waals surface area contributed by atoms with Crippen LogP contribution in [0.5, 0.6) is 5.75 Å². The van der Waals surface area contributed by atoms with Crippen LogP contribution in [0, 0.1) is 6.92 Å².